The number of pyridine rings is 1. The summed E-state index contributed by atoms with van der Waals surface area (Å²) in [6.45, 7) is 2.17. The van der Waals surface area contributed by atoms with Crippen molar-refractivity contribution in [1.82, 2.24) is 10.3 Å². The minimum Gasteiger partial charge on any atom is -0.348 e. The van der Waals surface area contributed by atoms with Crippen LogP contribution in [0.5, 0.6) is 0 Å². The number of benzene rings is 1. The molecule has 98 valence electrons. The molecule has 0 bridgehead atoms. The molecular weight excluding hydrogens is 283 g/mol. The van der Waals surface area contributed by atoms with E-state index in [0.717, 1.165) is 11.3 Å². The average molecular weight is 295 g/mol. The number of amides is 1. The fraction of sp³-hybridized carbons (Fsp3) is 0.143. The zero-order valence-electron chi connectivity index (χ0n) is 10.3. The molecule has 0 aliphatic carbocycles. The third kappa shape index (κ3) is 3.46. The van der Waals surface area contributed by atoms with Crippen molar-refractivity contribution in [3.05, 3.63) is 63.4 Å². The molecule has 0 saturated carbocycles. The Hall–Kier alpha value is -1.58. The summed E-state index contributed by atoms with van der Waals surface area (Å²) < 4.78 is 0. The number of aromatic nitrogens is 1. The molecule has 2 rings (SSSR count). The zero-order chi connectivity index (χ0) is 13.8. The first-order valence-electron chi connectivity index (χ1n) is 5.71. The van der Waals surface area contributed by atoms with Crippen LogP contribution < -0.4 is 5.32 Å². The number of halogens is 2. The van der Waals surface area contributed by atoms with Gasteiger partial charge in [-0.3, -0.25) is 9.78 Å². The SMILES string of the molecule is Cc1cc(Cl)c(C(=O)NCc2ccccc2Cl)cn1. The van der Waals surface area contributed by atoms with Crippen LogP contribution in [0.25, 0.3) is 0 Å². The van der Waals surface area contributed by atoms with Crippen molar-refractivity contribution in [3.8, 4) is 0 Å². The van der Waals surface area contributed by atoms with Gasteiger partial charge in [0.05, 0.1) is 10.6 Å². The maximum Gasteiger partial charge on any atom is 0.254 e. The van der Waals surface area contributed by atoms with Crippen molar-refractivity contribution in [2.24, 2.45) is 0 Å². The highest BCUT2D eigenvalue weighted by molar-refractivity contribution is 6.33. The van der Waals surface area contributed by atoms with Crippen LogP contribution in [0.3, 0.4) is 0 Å². The van der Waals surface area contributed by atoms with Gasteiger partial charge in [0.2, 0.25) is 0 Å². The van der Waals surface area contributed by atoms with Crippen molar-refractivity contribution < 1.29 is 4.79 Å². The monoisotopic (exact) mass is 294 g/mol. The summed E-state index contributed by atoms with van der Waals surface area (Å²) in [4.78, 5) is 16.0. The van der Waals surface area contributed by atoms with Gasteiger partial charge in [-0.15, -0.1) is 0 Å². The number of carbonyl (C=O) groups is 1. The molecule has 0 spiro atoms. The molecule has 0 atom stereocenters. The van der Waals surface area contributed by atoms with Crippen LogP contribution >= 0.6 is 23.2 Å². The molecule has 1 aromatic carbocycles. The van der Waals surface area contributed by atoms with E-state index in [0.29, 0.717) is 22.2 Å². The quantitative estimate of drug-likeness (QED) is 0.939. The summed E-state index contributed by atoms with van der Waals surface area (Å²) in [6, 6.07) is 9.01. The summed E-state index contributed by atoms with van der Waals surface area (Å²) in [5, 5.41) is 3.78. The fourth-order valence-electron chi connectivity index (χ4n) is 1.61. The van der Waals surface area contributed by atoms with E-state index in [4.69, 9.17) is 23.2 Å². The summed E-state index contributed by atoms with van der Waals surface area (Å²) in [7, 11) is 0. The molecule has 2 aromatic rings. The van der Waals surface area contributed by atoms with Gasteiger partial charge in [-0.2, -0.15) is 0 Å². The second-order valence-electron chi connectivity index (χ2n) is 4.08. The molecule has 19 heavy (non-hydrogen) atoms. The van der Waals surface area contributed by atoms with Gasteiger partial charge in [0, 0.05) is 23.5 Å². The highest BCUT2D eigenvalue weighted by Crippen LogP contribution is 2.17. The number of hydrogen-bond donors (Lipinski definition) is 1. The van der Waals surface area contributed by atoms with E-state index in [-0.39, 0.29) is 5.91 Å². The molecule has 0 unspecified atom stereocenters. The first-order chi connectivity index (χ1) is 9.08. The first-order valence-corrected chi connectivity index (χ1v) is 6.47. The van der Waals surface area contributed by atoms with E-state index in [2.05, 4.69) is 10.3 Å². The van der Waals surface area contributed by atoms with Gasteiger partial charge >= 0.3 is 0 Å². The molecule has 5 heteroatoms. The summed E-state index contributed by atoms with van der Waals surface area (Å²) in [6.07, 6.45) is 1.47. The smallest absolute Gasteiger partial charge is 0.254 e. The molecule has 0 radical (unpaired) electrons. The molecule has 1 heterocycles. The third-order valence-electron chi connectivity index (χ3n) is 2.63. The lowest BCUT2D eigenvalue weighted by molar-refractivity contribution is 0.0950. The number of hydrogen-bond acceptors (Lipinski definition) is 2. The van der Waals surface area contributed by atoms with Gasteiger partial charge in [-0.25, -0.2) is 0 Å². The van der Waals surface area contributed by atoms with Gasteiger partial charge in [0.1, 0.15) is 0 Å². The van der Waals surface area contributed by atoms with Gasteiger partial charge < -0.3 is 5.32 Å². The van der Waals surface area contributed by atoms with Crippen molar-refractivity contribution in [1.29, 1.82) is 0 Å². The van der Waals surface area contributed by atoms with E-state index >= 15 is 0 Å². The van der Waals surface area contributed by atoms with Crippen molar-refractivity contribution >= 4 is 29.1 Å². The molecule has 0 saturated heterocycles. The minimum absolute atomic E-state index is 0.266. The highest BCUT2D eigenvalue weighted by Gasteiger charge is 2.11. The zero-order valence-corrected chi connectivity index (χ0v) is 11.8. The van der Waals surface area contributed by atoms with Crippen molar-refractivity contribution in [3.63, 3.8) is 0 Å². The summed E-state index contributed by atoms with van der Waals surface area (Å²) in [5.74, 6) is -0.266. The Labute approximate surface area is 121 Å². The van der Waals surface area contributed by atoms with Crippen molar-refractivity contribution in [2.75, 3.05) is 0 Å². The van der Waals surface area contributed by atoms with Gasteiger partial charge in [0.25, 0.3) is 5.91 Å². The van der Waals surface area contributed by atoms with Crippen LogP contribution in [-0.2, 0) is 6.54 Å². The van der Waals surface area contributed by atoms with Crippen LogP contribution in [0.1, 0.15) is 21.6 Å². The number of carbonyl (C=O) groups excluding carboxylic acids is 1. The Kier molecular flexibility index (Phi) is 4.40. The minimum atomic E-state index is -0.266. The molecule has 0 aliphatic heterocycles. The molecule has 3 nitrogen and oxygen atoms in total. The molecule has 1 N–H and O–H groups in total. The predicted molar refractivity (Wildman–Crippen MR) is 76.6 cm³/mol. The molecule has 1 amide bonds. The lowest BCUT2D eigenvalue weighted by atomic mass is 10.2. The second kappa shape index (κ2) is 6.04. The number of rotatable bonds is 3. The highest BCUT2D eigenvalue weighted by atomic mass is 35.5. The summed E-state index contributed by atoms with van der Waals surface area (Å²) in [5.41, 5.74) is 1.99. The normalized spacial score (nSPS) is 10.3. The Morgan fingerprint density at radius 1 is 1.26 bits per heavy atom. The molecule has 0 fully saturated rings. The van der Waals surface area contributed by atoms with E-state index in [1.165, 1.54) is 6.20 Å². The topological polar surface area (TPSA) is 42.0 Å². The summed E-state index contributed by atoms with van der Waals surface area (Å²) >= 11 is 12.0. The molecular formula is C14H12Cl2N2O. The van der Waals surface area contributed by atoms with Crippen LogP contribution in [0, 0.1) is 6.92 Å². The van der Waals surface area contributed by atoms with Crippen LogP contribution in [0.4, 0.5) is 0 Å². The van der Waals surface area contributed by atoms with Gasteiger partial charge in [0.15, 0.2) is 0 Å². The Morgan fingerprint density at radius 3 is 2.68 bits per heavy atom. The Balaban J connectivity index is 2.08. The van der Waals surface area contributed by atoms with Crippen LogP contribution in [0.2, 0.25) is 10.0 Å². The number of nitrogens with zero attached hydrogens (tertiary/aromatic N) is 1. The van der Waals surface area contributed by atoms with E-state index in [9.17, 15) is 4.79 Å². The molecule has 0 aliphatic rings. The second-order valence-corrected chi connectivity index (χ2v) is 4.89. The standard InChI is InChI=1S/C14H12Cl2N2O/c1-9-6-13(16)11(8-17-9)14(19)18-7-10-4-2-3-5-12(10)15/h2-6,8H,7H2,1H3,(H,18,19). The number of nitrogens with one attached hydrogen (secondary N) is 1. The third-order valence-corrected chi connectivity index (χ3v) is 3.31. The fourth-order valence-corrected chi connectivity index (χ4v) is 2.10. The number of aryl methyl sites for hydroxylation is 1. The maximum atomic E-state index is 12.0. The molecule has 1 aromatic heterocycles. The van der Waals surface area contributed by atoms with E-state index < -0.39 is 0 Å². The van der Waals surface area contributed by atoms with Gasteiger partial charge in [-0.1, -0.05) is 41.4 Å². The average Bonchev–Trinajstić information content (AvgIpc) is 2.37. The lowest BCUT2D eigenvalue weighted by Gasteiger charge is -2.08. The predicted octanol–water partition coefficient (Wildman–Crippen LogP) is 3.63. The largest absolute Gasteiger partial charge is 0.348 e. The first kappa shape index (κ1) is 13.8. The maximum absolute atomic E-state index is 12.0. The lowest BCUT2D eigenvalue weighted by Crippen LogP contribution is -2.23. The Morgan fingerprint density at radius 2 is 2.00 bits per heavy atom. The van der Waals surface area contributed by atoms with E-state index in [1.54, 1.807) is 12.1 Å². The van der Waals surface area contributed by atoms with Gasteiger partial charge in [-0.05, 0) is 24.6 Å². The van der Waals surface area contributed by atoms with Crippen LogP contribution in [-0.4, -0.2) is 10.9 Å². The Bertz CT molecular complexity index is 614. The van der Waals surface area contributed by atoms with Crippen molar-refractivity contribution in [2.45, 2.75) is 13.5 Å². The van der Waals surface area contributed by atoms with E-state index in [1.807, 2.05) is 25.1 Å². The van der Waals surface area contributed by atoms with Crippen LogP contribution in [0.15, 0.2) is 36.5 Å².